The molecule has 4 nitrogen and oxygen atoms in total. The van der Waals surface area contributed by atoms with Gasteiger partial charge in [-0.25, -0.2) is 0 Å². The molecule has 0 amide bonds. The molecule has 0 radical (unpaired) electrons. The van der Waals surface area contributed by atoms with Crippen molar-refractivity contribution in [1.29, 1.82) is 0 Å². The molecule has 0 atom stereocenters. The molecule has 5 heteroatoms. The molecular weight excluding hydrogens is 355 g/mol. The predicted octanol–water partition coefficient (Wildman–Crippen LogP) is 2.87. The number of rotatable bonds is 6. The molecular formula is C14H17IN2O2. The van der Waals surface area contributed by atoms with Gasteiger partial charge in [-0.1, -0.05) is 18.2 Å². The highest BCUT2D eigenvalue weighted by Gasteiger charge is 2.08. The summed E-state index contributed by atoms with van der Waals surface area (Å²) in [6.07, 6.45) is 1.88. The molecule has 0 aliphatic heterocycles. The third kappa shape index (κ3) is 3.70. The predicted molar refractivity (Wildman–Crippen MR) is 82.6 cm³/mol. The van der Waals surface area contributed by atoms with Crippen molar-refractivity contribution in [3.05, 3.63) is 45.3 Å². The average molecular weight is 372 g/mol. The normalized spacial score (nSPS) is 10.7. The van der Waals surface area contributed by atoms with Crippen LogP contribution in [0.25, 0.3) is 0 Å². The van der Waals surface area contributed by atoms with Gasteiger partial charge in [0.25, 0.3) is 0 Å². The Bertz CT molecular complexity index is 540. The highest BCUT2D eigenvalue weighted by atomic mass is 127. The van der Waals surface area contributed by atoms with Crippen molar-refractivity contribution in [2.75, 3.05) is 20.3 Å². The van der Waals surface area contributed by atoms with E-state index < -0.39 is 0 Å². The molecule has 0 bridgehead atoms. The second-order valence-electron chi connectivity index (χ2n) is 4.18. The minimum atomic E-state index is 0.559. The molecule has 2 rings (SSSR count). The summed E-state index contributed by atoms with van der Waals surface area (Å²) >= 11 is 2.29. The van der Waals surface area contributed by atoms with Crippen LogP contribution in [-0.2, 0) is 11.3 Å². The van der Waals surface area contributed by atoms with Crippen LogP contribution in [0.4, 0.5) is 0 Å². The topological polar surface area (TPSA) is 36.3 Å². The van der Waals surface area contributed by atoms with Crippen LogP contribution in [-0.4, -0.2) is 30.1 Å². The molecule has 102 valence electrons. The molecule has 1 aromatic heterocycles. The van der Waals surface area contributed by atoms with Crippen LogP contribution in [0.2, 0.25) is 0 Å². The smallest absolute Gasteiger partial charge is 0.124 e. The molecule has 0 fully saturated rings. The second-order valence-corrected chi connectivity index (χ2v) is 5.35. The van der Waals surface area contributed by atoms with E-state index >= 15 is 0 Å². The molecule has 1 aromatic carbocycles. The van der Waals surface area contributed by atoms with Crippen molar-refractivity contribution in [2.24, 2.45) is 0 Å². The Hall–Kier alpha value is -1.08. The lowest BCUT2D eigenvalue weighted by molar-refractivity contribution is 0.145. The minimum Gasteiger partial charge on any atom is -0.491 e. The summed E-state index contributed by atoms with van der Waals surface area (Å²) in [5, 5.41) is 4.38. The van der Waals surface area contributed by atoms with Gasteiger partial charge >= 0.3 is 0 Å². The maximum absolute atomic E-state index is 5.73. The highest BCUT2D eigenvalue weighted by molar-refractivity contribution is 14.1. The highest BCUT2D eigenvalue weighted by Crippen LogP contribution is 2.20. The molecule has 0 saturated heterocycles. The molecule has 0 N–H and O–H groups in total. The molecule has 19 heavy (non-hydrogen) atoms. The van der Waals surface area contributed by atoms with Gasteiger partial charge in [0, 0.05) is 18.4 Å². The molecule has 0 unspecified atom stereocenters. The van der Waals surface area contributed by atoms with Gasteiger partial charge in [-0.2, -0.15) is 5.10 Å². The molecule has 2 aromatic rings. The van der Waals surface area contributed by atoms with Crippen LogP contribution < -0.4 is 4.74 Å². The van der Waals surface area contributed by atoms with Gasteiger partial charge in [0.2, 0.25) is 0 Å². The van der Waals surface area contributed by atoms with E-state index in [0.29, 0.717) is 13.2 Å². The van der Waals surface area contributed by atoms with Crippen molar-refractivity contribution in [3.63, 3.8) is 0 Å². The summed E-state index contributed by atoms with van der Waals surface area (Å²) in [5.74, 6) is 0.893. The zero-order valence-corrected chi connectivity index (χ0v) is 13.3. The lowest BCUT2D eigenvalue weighted by atomic mass is 10.2. The number of ether oxygens (including phenoxy) is 2. The van der Waals surface area contributed by atoms with Crippen molar-refractivity contribution >= 4 is 22.6 Å². The first-order chi connectivity index (χ1) is 9.22. The summed E-state index contributed by atoms with van der Waals surface area (Å²) in [5.41, 5.74) is 2.30. The Balaban J connectivity index is 2.13. The van der Waals surface area contributed by atoms with Crippen molar-refractivity contribution in [1.82, 2.24) is 9.78 Å². The van der Waals surface area contributed by atoms with Gasteiger partial charge in [0.05, 0.1) is 22.9 Å². The van der Waals surface area contributed by atoms with Crippen LogP contribution in [0, 0.1) is 10.5 Å². The van der Waals surface area contributed by atoms with Gasteiger partial charge in [-0.3, -0.25) is 4.68 Å². The number of hydrogen-bond donors (Lipinski definition) is 0. The zero-order chi connectivity index (χ0) is 13.7. The van der Waals surface area contributed by atoms with Crippen LogP contribution in [0.15, 0.2) is 30.5 Å². The number of methoxy groups -OCH3 is 1. The first kappa shape index (κ1) is 14.3. The Morgan fingerprint density at radius 3 is 2.74 bits per heavy atom. The first-order valence-electron chi connectivity index (χ1n) is 6.10. The molecule has 0 aliphatic carbocycles. The maximum Gasteiger partial charge on any atom is 0.124 e. The molecule has 0 spiro atoms. The number of nitrogens with zero attached hydrogens (tertiary/aromatic N) is 2. The minimum absolute atomic E-state index is 0.559. The summed E-state index contributed by atoms with van der Waals surface area (Å²) in [7, 11) is 1.67. The Morgan fingerprint density at radius 1 is 1.26 bits per heavy atom. The number of benzene rings is 1. The fraction of sp³-hybridized carbons (Fsp3) is 0.357. The lowest BCUT2D eigenvalue weighted by Crippen LogP contribution is -2.09. The number of hydrogen-bond acceptors (Lipinski definition) is 3. The van der Waals surface area contributed by atoms with Gasteiger partial charge < -0.3 is 9.47 Å². The number of aromatic nitrogens is 2. The van der Waals surface area contributed by atoms with E-state index in [1.807, 2.05) is 29.1 Å². The van der Waals surface area contributed by atoms with Crippen molar-refractivity contribution in [3.8, 4) is 5.75 Å². The monoisotopic (exact) mass is 372 g/mol. The third-order valence-electron chi connectivity index (χ3n) is 2.88. The van der Waals surface area contributed by atoms with Crippen LogP contribution in [0.3, 0.4) is 0 Å². The van der Waals surface area contributed by atoms with Gasteiger partial charge in [0.15, 0.2) is 0 Å². The van der Waals surface area contributed by atoms with Gasteiger partial charge in [0.1, 0.15) is 12.4 Å². The van der Waals surface area contributed by atoms with E-state index in [-0.39, 0.29) is 0 Å². The maximum atomic E-state index is 5.73. The summed E-state index contributed by atoms with van der Waals surface area (Å²) in [6, 6.07) is 8.04. The third-order valence-corrected chi connectivity index (χ3v) is 3.94. The molecule has 0 aliphatic rings. The van der Waals surface area contributed by atoms with E-state index in [9.17, 15) is 0 Å². The Labute approximate surface area is 126 Å². The second kappa shape index (κ2) is 6.91. The summed E-state index contributed by atoms with van der Waals surface area (Å²) < 4.78 is 13.9. The summed E-state index contributed by atoms with van der Waals surface area (Å²) in [6.45, 7) is 3.94. The largest absolute Gasteiger partial charge is 0.491 e. The van der Waals surface area contributed by atoms with E-state index in [0.717, 1.165) is 17.9 Å². The quantitative estimate of drug-likeness (QED) is 0.578. The van der Waals surface area contributed by atoms with Crippen LogP contribution >= 0.6 is 22.6 Å². The van der Waals surface area contributed by atoms with E-state index in [2.05, 4.69) is 40.7 Å². The Morgan fingerprint density at radius 2 is 2.05 bits per heavy atom. The molecule has 1 heterocycles. The van der Waals surface area contributed by atoms with Gasteiger partial charge in [-0.15, -0.1) is 0 Å². The zero-order valence-electron chi connectivity index (χ0n) is 11.1. The van der Waals surface area contributed by atoms with Gasteiger partial charge in [-0.05, 0) is 35.6 Å². The standard InChI is InChI=1S/C14H17IN2O2/c1-11-13(15)9-16-17(11)10-12-5-3-4-6-14(12)19-8-7-18-2/h3-6,9H,7-8,10H2,1-2H3. The van der Waals surface area contributed by atoms with E-state index in [4.69, 9.17) is 9.47 Å². The SMILES string of the molecule is COCCOc1ccccc1Cn1ncc(I)c1C. The number of para-hydroxylation sites is 1. The van der Waals surface area contributed by atoms with Crippen molar-refractivity contribution < 1.29 is 9.47 Å². The lowest BCUT2D eigenvalue weighted by Gasteiger charge is -2.12. The first-order valence-corrected chi connectivity index (χ1v) is 7.18. The fourth-order valence-electron chi connectivity index (χ4n) is 1.75. The fourth-order valence-corrected chi connectivity index (χ4v) is 2.16. The Kier molecular flexibility index (Phi) is 5.21. The van der Waals surface area contributed by atoms with Crippen molar-refractivity contribution in [2.45, 2.75) is 13.5 Å². The van der Waals surface area contributed by atoms with E-state index in [1.165, 1.54) is 9.26 Å². The van der Waals surface area contributed by atoms with Crippen LogP contribution in [0.5, 0.6) is 5.75 Å². The number of halogens is 1. The van der Waals surface area contributed by atoms with Crippen LogP contribution in [0.1, 0.15) is 11.3 Å². The van der Waals surface area contributed by atoms with E-state index in [1.54, 1.807) is 7.11 Å². The molecule has 0 saturated carbocycles. The average Bonchev–Trinajstić information content (AvgIpc) is 2.73. The summed E-state index contributed by atoms with van der Waals surface area (Å²) in [4.78, 5) is 0.